The number of allylic oxidation sites excluding steroid dienone is 6. The summed E-state index contributed by atoms with van der Waals surface area (Å²) in [5.41, 5.74) is 0. The van der Waals surface area contributed by atoms with E-state index in [1.807, 2.05) is 0 Å². The number of amides is 1. The molecule has 2 unspecified atom stereocenters. The van der Waals surface area contributed by atoms with Gasteiger partial charge in [0, 0.05) is 12.8 Å². The van der Waals surface area contributed by atoms with Crippen LogP contribution in [0.15, 0.2) is 36.5 Å². The fraction of sp³-hybridized carbons (Fsp3) is 0.910. The Morgan fingerprint density at radius 1 is 0.295 bits per heavy atom. The molecule has 0 aliphatic carbocycles. The van der Waals surface area contributed by atoms with Crippen LogP contribution in [-0.4, -0.2) is 47.4 Å². The standard InChI is InChI=1S/C89H171NO5/c1-3-5-7-9-11-13-15-17-19-21-23-24-40-43-46-49-53-57-61-65-69-73-77-81-87(92)86(85-91)90-88(93)82-78-74-70-66-62-58-54-50-47-44-41-38-36-34-32-30-28-26-25-27-29-31-33-35-37-39-42-45-48-52-56-60-64-68-72-76-80-84-95-89(94)83-79-75-71-67-63-59-55-51-22-20-18-16-14-12-10-8-6-4-2/h14,16,20,22,25,27,86-87,91-92H,3-13,15,17-19,21,23-24,26,28-85H2,1-2H3,(H,90,93)/b16-14-,22-20-,27-25-. The molecule has 562 valence electrons. The number of rotatable bonds is 83. The molecule has 0 saturated carbocycles. The van der Waals surface area contributed by atoms with E-state index in [-0.39, 0.29) is 18.5 Å². The number of aliphatic hydroxyl groups excluding tert-OH is 2. The molecule has 2 atom stereocenters. The molecule has 3 N–H and O–H groups in total. The Balaban J connectivity index is 3.33. The molecule has 95 heavy (non-hydrogen) atoms. The van der Waals surface area contributed by atoms with Gasteiger partial charge in [-0.15, -0.1) is 0 Å². The molecule has 0 saturated heterocycles. The molecule has 1 amide bonds. The normalized spacial score (nSPS) is 12.6. The van der Waals surface area contributed by atoms with Crippen LogP contribution in [0, 0.1) is 0 Å². The minimum atomic E-state index is -0.663. The molecule has 0 rings (SSSR count). The summed E-state index contributed by atoms with van der Waals surface area (Å²) in [5, 5.41) is 23.5. The summed E-state index contributed by atoms with van der Waals surface area (Å²) in [4.78, 5) is 24.7. The number of unbranched alkanes of at least 4 members (excludes halogenated alkanes) is 66. The van der Waals surface area contributed by atoms with Crippen molar-refractivity contribution in [2.75, 3.05) is 13.2 Å². The van der Waals surface area contributed by atoms with E-state index in [1.165, 1.54) is 411 Å². The summed E-state index contributed by atoms with van der Waals surface area (Å²) in [6, 6.07) is -0.540. The van der Waals surface area contributed by atoms with E-state index < -0.39 is 12.1 Å². The van der Waals surface area contributed by atoms with Crippen molar-refractivity contribution in [1.82, 2.24) is 5.32 Å². The highest BCUT2D eigenvalue weighted by molar-refractivity contribution is 5.76. The van der Waals surface area contributed by atoms with Crippen molar-refractivity contribution in [2.45, 2.75) is 508 Å². The summed E-state index contributed by atoms with van der Waals surface area (Å²) in [7, 11) is 0. The quantitative estimate of drug-likeness (QED) is 0.0320. The molecule has 0 spiro atoms. The van der Waals surface area contributed by atoms with Crippen LogP contribution in [0.3, 0.4) is 0 Å². The first kappa shape index (κ1) is 93.1. The Morgan fingerprint density at radius 2 is 0.526 bits per heavy atom. The van der Waals surface area contributed by atoms with E-state index in [2.05, 4.69) is 55.6 Å². The summed E-state index contributed by atoms with van der Waals surface area (Å²) in [5.74, 6) is -0.0100. The van der Waals surface area contributed by atoms with Crippen molar-refractivity contribution < 1.29 is 24.5 Å². The summed E-state index contributed by atoms with van der Waals surface area (Å²) in [6.07, 6.45) is 111. The Morgan fingerprint density at radius 3 is 0.821 bits per heavy atom. The van der Waals surface area contributed by atoms with Gasteiger partial charge in [-0.05, 0) is 83.5 Å². The largest absolute Gasteiger partial charge is 0.466 e. The minimum Gasteiger partial charge on any atom is -0.466 e. The maximum Gasteiger partial charge on any atom is 0.305 e. The summed E-state index contributed by atoms with van der Waals surface area (Å²) < 4.78 is 5.51. The topological polar surface area (TPSA) is 95.9 Å². The predicted octanol–water partition coefficient (Wildman–Crippen LogP) is 29.3. The van der Waals surface area contributed by atoms with E-state index in [4.69, 9.17) is 4.74 Å². The van der Waals surface area contributed by atoms with E-state index >= 15 is 0 Å². The number of carbonyl (C=O) groups is 2. The zero-order chi connectivity index (χ0) is 68.4. The molecule has 0 aromatic rings. The lowest BCUT2D eigenvalue weighted by Crippen LogP contribution is -2.45. The minimum absolute atomic E-state index is 0.0151. The number of esters is 1. The lowest BCUT2D eigenvalue weighted by atomic mass is 10.0. The van der Waals surface area contributed by atoms with Crippen LogP contribution in [0.5, 0.6) is 0 Å². The SMILES string of the molecule is CCCCCC/C=C\C/C=C\CCCCCCCCCC(=O)OCCCCCCCCCCCCCCCCCC/C=C\CCCCCCCCCCCCCCCCCCCC(=O)NC(CO)C(O)CCCCCCCCCCCCCCCCCCCCCCCCC. The van der Waals surface area contributed by atoms with Gasteiger partial charge in [-0.3, -0.25) is 9.59 Å². The van der Waals surface area contributed by atoms with E-state index in [9.17, 15) is 19.8 Å². The molecule has 0 aromatic heterocycles. The molecule has 0 radical (unpaired) electrons. The molecule has 0 aromatic carbocycles. The zero-order valence-corrected chi connectivity index (χ0v) is 64.7. The number of hydrogen-bond donors (Lipinski definition) is 3. The first-order valence-electron chi connectivity index (χ1n) is 43.7. The predicted molar refractivity (Wildman–Crippen MR) is 421 cm³/mol. The van der Waals surface area contributed by atoms with Crippen molar-refractivity contribution in [3.63, 3.8) is 0 Å². The second-order valence-electron chi connectivity index (χ2n) is 30.2. The van der Waals surface area contributed by atoms with Crippen LogP contribution in [0.1, 0.15) is 495 Å². The van der Waals surface area contributed by atoms with Crippen molar-refractivity contribution in [3.05, 3.63) is 36.5 Å². The number of nitrogens with one attached hydrogen (secondary N) is 1. The molecule has 6 nitrogen and oxygen atoms in total. The highest BCUT2D eigenvalue weighted by atomic mass is 16.5. The number of hydrogen-bond acceptors (Lipinski definition) is 5. The van der Waals surface area contributed by atoms with Gasteiger partial charge in [0.2, 0.25) is 5.91 Å². The summed E-state index contributed by atoms with van der Waals surface area (Å²) >= 11 is 0. The Bertz CT molecular complexity index is 1540. The van der Waals surface area contributed by atoms with Crippen LogP contribution >= 0.6 is 0 Å². The molecular weight excluding hydrogens is 1160 g/mol. The Labute approximate surface area is 595 Å². The van der Waals surface area contributed by atoms with E-state index in [0.717, 1.165) is 51.4 Å². The van der Waals surface area contributed by atoms with Gasteiger partial charge in [0.1, 0.15) is 0 Å². The van der Waals surface area contributed by atoms with Gasteiger partial charge in [-0.2, -0.15) is 0 Å². The third-order valence-electron chi connectivity index (χ3n) is 20.7. The average Bonchev–Trinajstić information content (AvgIpc) is 3.03. The van der Waals surface area contributed by atoms with Gasteiger partial charge in [0.25, 0.3) is 0 Å². The van der Waals surface area contributed by atoms with Gasteiger partial charge < -0.3 is 20.3 Å². The molecule has 0 aliphatic heterocycles. The number of ether oxygens (including phenoxy) is 1. The van der Waals surface area contributed by atoms with Crippen LogP contribution in [-0.2, 0) is 14.3 Å². The highest BCUT2D eigenvalue weighted by Crippen LogP contribution is 2.21. The van der Waals surface area contributed by atoms with Crippen LogP contribution < -0.4 is 5.32 Å². The lowest BCUT2D eigenvalue weighted by molar-refractivity contribution is -0.143. The molecular formula is C89H171NO5. The fourth-order valence-corrected chi connectivity index (χ4v) is 14.0. The summed E-state index contributed by atoms with van der Waals surface area (Å²) in [6.45, 7) is 4.99. The van der Waals surface area contributed by atoms with Crippen LogP contribution in [0.25, 0.3) is 0 Å². The smallest absolute Gasteiger partial charge is 0.305 e. The van der Waals surface area contributed by atoms with Gasteiger partial charge in [0.05, 0.1) is 25.4 Å². The third-order valence-corrected chi connectivity index (χ3v) is 20.7. The third kappa shape index (κ3) is 80.9. The second-order valence-corrected chi connectivity index (χ2v) is 30.2. The Kier molecular flexibility index (Phi) is 82.8. The molecule has 0 heterocycles. The van der Waals surface area contributed by atoms with Crippen LogP contribution in [0.4, 0.5) is 0 Å². The zero-order valence-electron chi connectivity index (χ0n) is 64.7. The first-order chi connectivity index (χ1) is 47.0. The molecule has 0 aliphatic rings. The highest BCUT2D eigenvalue weighted by Gasteiger charge is 2.20. The van der Waals surface area contributed by atoms with Crippen molar-refractivity contribution in [2.24, 2.45) is 0 Å². The number of aliphatic hydroxyl groups is 2. The van der Waals surface area contributed by atoms with Crippen molar-refractivity contribution in [1.29, 1.82) is 0 Å². The van der Waals surface area contributed by atoms with E-state index in [1.54, 1.807) is 0 Å². The first-order valence-corrected chi connectivity index (χ1v) is 43.7. The average molecular weight is 1340 g/mol. The van der Waals surface area contributed by atoms with Gasteiger partial charge in [-0.25, -0.2) is 0 Å². The molecule has 6 heteroatoms. The van der Waals surface area contributed by atoms with E-state index in [0.29, 0.717) is 25.9 Å². The Hall–Kier alpha value is -1.92. The molecule has 0 bridgehead atoms. The number of carbonyl (C=O) groups excluding carboxylic acids is 2. The monoisotopic (exact) mass is 1330 g/mol. The van der Waals surface area contributed by atoms with Crippen LogP contribution in [0.2, 0.25) is 0 Å². The maximum absolute atomic E-state index is 12.6. The maximum atomic E-state index is 12.6. The molecule has 0 fully saturated rings. The van der Waals surface area contributed by atoms with Crippen molar-refractivity contribution >= 4 is 11.9 Å². The van der Waals surface area contributed by atoms with Crippen molar-refractivity contribution in [3.8, 4) is 0 Å². The van der Waals surface area contributed by atoms with Gasteiger partial charge in [-0.1, -0.05) is 436 Å². The second kappa shape index (κ2) is 84.5. The van der Waals surface area contributed by atoms with Gasteiger partial charge >= 0.3 is 5.97 Å². The van der Waals surface area contributed by atoms with Gasteiger partial charge in [0.15, 0.2) is 0 Å². The fourth-order valence-electron chi connectivity index (χ4n) is 14.0. The lowest BCUT2D eigenvalue weighted by Gasteiger charge is -2.22.